The van der Waals surface area contributed by atoms with Crippen molar-refractivity contribution in [3.05, 3.63) is 30.0 Å². The van der Waals surface area contributed by atoms with E-state index < -0.39 is 6.09 Å². The zero-order valence-electron chi connectivity index (χ0n) is 8.52. The summed E-state index contributed by atoms with van der Waals surface area (Å²) < 4.78 is 5.40. The number of hydrogen-bond acceptors (Lipinski definition) is 2. The van der Waals surface area contributed by atoms with E-state index in [-0.39, 0.29) is 0 Å². The SMILES string of the molecule is Cc1cc2cc(N(C)C(=O)O)ccc2o1. The Kier molecular flexibility index (Phi) is 2.11. The number of benzene rings is 1. The Morgan fingerprint density at radius 2 is 2.13 bits per heavy atom. The molecular weight excluding hydrogens is 194 g/mol. The highest BCUT2D eigenvalue weighted by atomic mass is 16.4. The first-order valence-corrected chi connectivity index (χ1v) is 4.55. The summed E-state index contributed by atoms with van der Waals surface area (Å²) in [4.78, 5) is 11.9. The maximum atomic E-state index is 10.7. The number of nitrogens with zero attached hydrogens (tertiary/aromatic N) is 1. The second-order valence-corrected chi connectivity index (χ2v) is 3.42. The first-order chi connectivity index (χ1) is 7.08. The minimum Gasteiger partial charge on any atom is -0.465 e. The summed E-state index contributed by atoms with van der Waals surface area (Å²) in [5.74, 6) is 0.820. The van der Waals surface area contributed by atoms with Crippen LogP contribution in [0.3, 0.4) is 0 Å². The zero-order valence-corrected chi connectivity index (χ0v) is 8.52. The Bertz CT molecular complexity index is 516. The van der Waals surface area contributed by atoms with Gasteiger partial charge in [0.15, 0.2) is 0 Å². The van der Waals surface area contributed by atoms with Crippen molar-refractivity contribution in [2.75, 3.05) is 11.9 Å². The number of furan rings is 1. The summed E-state index contributed by atoms with van der Waals surface area (Å²) in [6.07, 6.45) is -0.977. The van der Waals surface area contributed by atoms with Crippen LogP contribution < -0.4 is 4.90 Å². The highest BCUT2D eigenvalue weighted by Crippen LogP contribution is 2.24. The molecule has 0 bridgehead atoms. The number of aryl methyl sites for hydroxylation is 1. The fraction of sp³-hybridized carbons (Fsp3) is 0.182. The van der Waals surface area contributed by atoms with E-state index in [1.54, 1.807) is 18.2 Å². The minimum absolute atomic E-state index is 0.635. The molecule has 0 saturated carbocycles. The van der Waals surface area contributed by atoms with Crippen molar-refractivity contribution in [2.24, 2.45) is 0 Å². The van der Waals surface area contributed by atoms with Gasteiger partial charge in [0.2, 0.25) is 0 Å². The number of hydrogen-bond donors (Lipinski definition) is 1. The van der Waals surface area contributed by atoms with Gasteiger partial charge < -0.3 is 9.52 Å². The molecule has 4 heteroatoms. The zero-order chi connectivity index (χ0) is 11.0. The lowest BCUT2D eigenvalue weighted by atomic mass is 10.2. The molecular formula is C11H11NO3. The molecule has 1 aromatic heterocycles. The molecule has 15 heavy (non-hydrogen) atoms. The topological polar surface area (TPSA) is 53.7 Å². The van der Waals surface area contributed by atoms with Gasteiger partial charge in [-0.2, -0.15) is 0 Å². The first-order valence-electron chi connectivity index (χ1n) is 4.55. The van der Waals surface area contributed by atoms with Gasteiger partial charge in [-0.1, -0.05) is 0 Å². The maximum absolute atomic E-state index is 10.7. The lowest BCUT2D eigenvalue weighted by molar-refractivity contribution is 0.203. The molecule has 1 aromatic carbocycles. The summed E-state index contributed by atoms with van der Waals surface area (Å²) in [5.41, 5.74) is 1.41. The van der Waals surface area contributed by atoms with Crippen LogP contribution in [0.15, 0.2) is 28.7 Å². The number of carboxylic acid groups (broad SMARTS) is 1. The van der Waals surface area contributed by atoms with Crippen LogP contribution >= 0.6 is 0 Å². The van der Waals surface area contributed by atoms with Gasteiger partial charge in [0.1, 0.15) is 11.3 Å². The largest absolute Gasteiger partial charge is 0.465 e. The summed E-state index contributed by atoms with van der Waals surface area (Å²) >= 11 is 0. The van der Waals surface area contributed by atoms with Gasteiger partial charge in [-0.15, -0.1) is 0 Å². The van der Waals surface area contributed by atoms with Gasteiger partial charge in [-0.05, 0) is 31.2 Å². The molecule has 0 spiro atoms. The average molecular weight is 205 g/mol. The van der Waals surface area contributed by atoms with E-state index in [2.05, 4.69) is 0 Å². The monoisotopic (exact) mass is 205 g/mol. The summed E-state index contributed by atoms with van der Waals surface area (Å²) in [7, 11) is 1.51. The molecule has 0 radical (unpaired) electrons. The number of carbonyl (C=O) groups is 1. The van der Waals surface area contributed by atoms with Gasteiger partial charge in [-0.25, -0.2) is 4.79 Å². The lowest BCUT2D eigenvalue weighted by Gasteiger charge is -2.12. The Morgan fingerprint density at radius 3 is 2.80 bits per heavy atom. The van der Waals surface area contributed by atoms with Crippen LogP contribution in [0.1, 0.15) is 5.76 Å². The number of anilines is 1. The van der Waals surface area contributed by atoms with Crippen LogP contribution in [-0.2, 0) is 0 Å². The molecule has 0 aliphatic rings. The number of rotatable bonds is 1. The van der Waals surface area contributed by atoms with Crippen LogP contribution in [0, 0.1) is 6.92 Å². The maximum Gasteiger partial charge on any atom is 0.411 e. The highest BCUT2D eigenvalue weighted by Gasteiger charge is 2.09. The normalized spacial score (nSPS) is 10.5. The predicted octanol–water partition coefficient (Wildman–Crippen LogP) is 2.86. The molecule has 4 nitrogen and oxygen atoms in total. The van der Waals surface area contributed by atoms with E-state index in [4.69, 9.17) is 9.52 Å². The fourth-order valence-electron chi connectivity index (χ4n) is 1.48. The average Bonchev–Trinajstić information content (AvgIpc) is 2.55. The van der Waals surface area contributed by atoms with Crippen LogP contribution in [0.5, 0.6) is 0 Å². The van der Waals surface area contributed by atoms with E-state index in [0.29, 0.717) is 5.69 Å². The molecule has 0 aliphatic heterocycles. The second kappa shape index (κ2) is 3.31. The van der Waals surface area contributed by atoms with Crippen LogP contribution in [0.25, 0.3) is 11.0 Å². The molecule has 1 amide bonds. The molecule has 78 valence electrons. The quantitative estimate of drug-likeness (QED) is 0.778. The van der Waals surface area contributed by atoms with Crippen molar-refractivity contribution in [3.8, 4) is 0 Å². The standard InChI is InChI=1S/C11H11NO3/c1-7-5-8-6-9(12(2)11(13)14)3-4-10(8)15-7/h3-6H,1-2H3,(H,13,14). The molecule has 0 atom stereocenters. The Morgan fingerprint density at radius 1 is 1.40 bits per heavy atom. The van der Waals surface area contributed by atoms with E-state index in [1.165, 1.54) is 11.9 Å². The molecule has 0 unspecified atom stereocenters. The van der Waals surface area contributed by atoms with Crippen LogP contribution in [0.4, 0.5) is 10.5 Å². The van der Waals surface area contributed by atoms with Crippen molar-refractivity contribution in [1.29, 1.82) is 0 Å². The smallest absolute Gasteiger partial charge is 0.411 e. The Balaban J connectivity index is 2.50. The van der Waals surface area contributed by atoms with Crippen molar-refractivity contribution in [3.63, 3.8) is 0 Å². The Labute approximate surface area is 86.7 Å². The van der Waals surface area contributed by atoms with Crippen molar-refractivity contribution in [2.45, 2.75) is 6.92 Å². The van der Waals surface area contributed by atoms with Crippen LogP contribution in [0.2, 0.25) is 0 Å². The second-order valence-electron chi connectivity index (χ2n) is 3.42. The third kappa shape index (κ3) is 1.66. The van der Waals surface area contributed by atoms with Crippen molar-refractivity contribution >= 4 is 22.7 Å². The van der Waals surface area contributed by atoms with Gasteiger partial charge in [-0.3, -0.25) is 4.90 Å². The molecule has 0 fully saturated rings. The highest BCUT2D eigenvalue weighted by molar-refractivity contribution is 5.90. The van der Waals surface area contributed by atoms with E-state index >= 15 is 0 Å². The van der Waals surface area contributed by atoms with Crippen LogP contribution in [-0.4, -0.2) is 18.2 Å². The van der Waals surface area contributed by atoms with Crippen molar-refractivity contribution < 1.29 is 14.3 Å². The fourth-order valence-corrected chi connectivity index (χ4v) is 1.48. The van der Waals surface area contributed by atoms with E-state index in [1.807, 2.05) is 13.0 Å². The van der Waals surface area contributed by atoms with Gasteiger partial charge in [0.05, 0.1) is 0 Å². The molecule has 1 heterocycles. The number of amides is 1. The van der Waals surface area contributed by atoms with Gasteiger partial charge >= 0.3 is 6.09 Å². The van der Waals surface area contributed by atoms with Gasteiger partial charge in [0.25, 0.3) is 0 Å². The molecule has 1 N–H and O–H groups in total. The lowest BCUT2D eigenvalue weighted by Crippen LogP contribution is -2.23. The molecule has 2 rings (SSSR count). The molecule has 0 aliphatic carbocycles. The summed E-state index contributed by atoms with van der Waals surface area (Å²) in [6, 6.07) is 7.17. The minimum atomic E-state index is -0.977. The summed E-state index contributed by atoms with van der Waals surface area (Å²) in [6.45, 7) is 1.86. The Hall–Kier alpha value is -1.97. The van der Waals surface area contributed by atoms with Crippen molar-refractivity contribution in [1.82, 2.24) is 0 Å². The third-order valence-corrected chi connectivity index (χ3v) is 2.30. The van der Waals surface area contributed by atoms with E-state index in [9.17, 15) is 4.79 Å². The predicted molar refractivity (Wildman–Crippen MR) is 57.4 cm³/mol. The first kappa shape index (κ1) is 9.58. The van der Waals surface area contributed by atoms with E-state index in [0.717, 1.165) is 16.7 Å². The molecule has 0 saturated heterocycles. The number of fused-ring (bicyclic) bond motifs is 1. The molecule has 2 aromatic rings. The van der Waals surface area contributed by atoms with Gasteiger partial charge in [0, 0.05) is 18.1 Å². The summed E-state index contributed by atoms with van der Waals surface area (Å²) in [5, 5.41) is 9.73. The third-order valence-electron chi connectivity index (χ3n) is 2.30.